The summed E-state index contributed by atoms with van der Waals surface area (Å²) in [4.78, 5) is 0. The van der Waals surface area contributed by atoms with Crippen molar-refractivity contribution in [2.75, 3.05) is 11.5 Å². The molecule has 0 unspecified atom stereocenters. The van der Waals surface area contributed by atoms with Crippen LogP contribution in [0.15, 0.2) is 8.68 Å². The summed E-state index contributed by atoms with van der Waals surface area (Å²) < 4.78 is 24.0. The van der Waals surface area contributed by atoms with Crippen LogP contribution < -0.4 is 0 Å². The fourth-order valence-corrected chi connectivity index (χ4v) is 4.52. The van der Waals surface area contributed by atoms with Crippen molar-refractivity contribution < 1.29 is 8.42 Å². The van der Waals surface area contributed by atoms with E-state index in [1.807, 2.05) is 0 Å². The fourth-order valence-electron chi connectivity index (χ4n) is 1.19. The van der Waals surface area contributed by atoms with Crippen molar-refractivity contribution in [3.63, 3.8) is 0 Å². The maximum absolute atomic E-state index is 11.5. The van der Waals surface area contributed by atoms with Crippen molar-refractivity contribution in [1.29, 1.82) is 0 Å². The van der Waals surface area contributed by atoms with E-state index in [9.17, 15) is 8.42 Å². The number of hydrogen-bond acceptors (Lipinski definition) is 6. The normalized spacial score (nSPS) is 11.9. The molecule has 0 saturated heterocycles. The van der Waals surface area contributed by atoms with Gasteiger partial charge < -0.3 is 0 Å². The zero-order valence-corrected chi connectivity index (χ0v) is 12.6. The van der Waals surface area contributed by atoms with Gasteiger partial charge in [0.2, 0.25) is 14.2 Å². The Kier molecular flexibility index (Phi) is 6.43. The number of hydrogen-bond donors (Lipinski definition) is 0. The molecule has 0 saturated carbocycles. The number of thioether (sulfide) groups is 1. The molecule has 17 heavy (non-hydrogen) atoms. The molecule has 1 aromatic heterocycles. The van der Waals surface area contributed by atoms with Gasteiger partial charge in [-0.3, -0.25) is 0 Å². The molecule has 0 aliphatic carbocycles. The monoisotopic (exact) mass is 294 g/mol. The summed E-state index contributed by atoms with van der Waals surface area (Å²) in [6.07, 6.45) is 4.85. The Morgan fingerprint density at radius 2 is 1.94 bits per heavy atom. The number of nitrogens with zero attached hydrogens (tertiary/aromatic N) is 2. The van der Waals surface area contributed by atoms with Gasteiger partial charge in [0.25, 0.3) is 0 Å². The Bertz CT molecular complexity index is 429. The average Bonchev–Trinajstić information content (AvgIpc) is 2.78. The molecule has 0 amide bonds. The molecule has 0 fully saturated rings. The van der Waals surface area contributed by atoms with E-state index in [1.165, 1.54) is 30.6 Å². The van der Waals surface area contributed by atoms with Crippen LogP contribution >= 0.6 is 23.1 Å². The van der Waals surface area contributed by atoms with Crippen molar-refractivity contribution in [2.24, 2.45) is 0 Å². The first-order valence-electron chi connectivity index (χ1n) is 5.79. The number of sulfone groups is 1. The molecule has 0 aliphatic heterocycles. The van der Waals surface area contributed by atoms with Gasteiger partial charge in [0.1, 0.15) is 0 Å². The van der Waals surface area contributed by atoms with Crippen molar-refractivity contribution in [3.8, 4) is 0 Å². The molecule has 0 aliphatic rings. The highest BCUT2D eigenvalue weighted by molar-refractivity contribution is 8.01. The largest absolute Gasteiger partial charge is 0.233 e. The van der Waals surface area contributed by atoms with Crippen molar-refractivity contribution >= 4 is 32.9 Å². The summed E-state index contributed by atoms with van der Waals surface area (Å²) in [5, 5.41) is 7.63. The van der Waals surface area contributed by atoms with Crippen molar-refractivity contribution in [2.45, 2.75) is 48.2 Å². The third kappa shape index (κ3) is 4.93. The Morgan fingerprint density at radius 3 is 2.59 bits per heavy atom. The first-order chi connectivity index (χ1) is 8.10. The standard InChI is InChI=1S/C10H18N2O2S3/c1-3-5-6-7-8-15-9-11-12-10(16-9)17(13,14)4-2/h3-8H2,1-2H3. The van der Waals surface area contributed by atoms with Crippen LogP contribution in [0.2, 0.25) is 0 Å². The van der Waals surface area contributed by atoms with Crippen molar-refractivity contribution in [3.05, 3.63) is 0 Å². The summed E-state index contributed by atoms with van der Waals surface area (Å²) in [7, 11) is -3.18. The summed E-state index contributed by atoms with van der Waals surface area (Å²) in [6, 6.07) is 0. The molecule has 98 valence electrons. The molecule has 1 heterocycles. The van der Waals surface area contributed by atoms with E-state index in [-0.39, 0.29) is 10.1 Å². The van der Waals surface area contributed by atoms with Crippen LogP contribution in [0.5, 0.6) is 0 Å². The average molecular weight is 294 g/mol. The Labute approximate surface area is 111 Å². The molecule has 4 nitrogen and oxygen atoms in total. The van der Waals surface area contributed by atoms with E-state index in [4.69, 9.17) is 0 Å². The van der Waals surface area contributed by atoms with Gasteiger partial charge >= 0.3 is 0 Å². The lowest BCUT2D eigenvalue weighted by atomic mass is 10.2. The highest BCUT2D eigenvalue weighted by Gasteiger charge is 2.17. The van der Waals surface area contributed by atoms with Crippen LogP contribution in [-0.4, -0.2) is 30.1 Å². The van der Waals surface area contributed by atoms with E-state index in [1.54, 1.807) is 18.7 Å². The number of rotatable bonds is 8. The third-order valence-electron chi connectivity index (χ3n) is 2.26. The van der Waals surface area contributed by atoms with Gasteiger partial charge in [0.05, 0.1) is 5.75 Å². The first kappa shape index (κ1) is 14.9. The van der Waals surface area contributed by atoms with E-state index in [0.29, 0.717) is 0 Å². The quantitative estimate of drug-likeness (QED) is 0.545. The van der Waals surface area contributed by atoms with E-state index >= 15 is 0 Å². The molecule has 0 spiro atoms. The van der Waals surface area contributed by atoms with E-state index in [0.717, 1.165) is 16.5 Å². The predicted molar refractivity (Wildman–Crippen MR) is 72.5 cm³/mol. The smallest absolute Gasteiger partial charge is 0.221 e. The molecule has 0 radical (unpaired) electrons. The molecule has 0 atom stereocenters. The van der Waals surface area contributed by atoms with Gasteiger partial charge in [-0.2, -0.15) is 0 Å². The minimum atomic E-state index is -3.18. The number of aromatic nitrogens is 2. The highest BCUT2D eigenvalue weighted by atomic mass is 32.2. The lowest BCUT2D eigenvalue weighted by Gasteiger charge is -1.96. The zero-order valence-electron chi connectivity index (χ0n) is 10.2. The summed E-state index contributed by atoms with van der Waals surface area (Å²) >= 11 is 2.78. The molecular weight excluding hydrogens is 276 g/mol. The molecular formula is C10H18N2O2S3. The van der Waals surface area contributed by atoms with E-state index in [2.05, 4.69) is 17.1 Å². The van der Waals surface area contributed by atoms with Crippen LogP contribution in [0, 0.1) is 0 Å². The summed E-state index contributed by atoms with van der Waals surface area (Å²) in [5.74, 6) is 1.07. The van der Waals surface area contributed by atoms with Crippen LogP contribution in [0.3, 0.4) is 0 Å². The Balaban J connectivity index is 2.41. The maximum Gasteiger partial charge on any atom is 0.233 e. The molecule has 0 bridgehead atoms. The lowest BCUT2D eigenvalue weighted by Crippen LogP contribution is -2.02. The molecule has 1 aromatic rings. The molecule has 1 rings (SSSR count). The van der Waals surface area contributed by atoms with Crippen LogP contribution in [-0.2, 0) is 9.84 Å². The SMILES string of the molecule is CCCCCCSc1nnc(S(=O)(=O)CC)s1. The van der Waals surface area contributed by atoms with Crippen LogP contribution in [0.1, 0.15) is 39.5 Å². The minimum absolute atomic E-state index is 0.0861. The van der Waals surface area contributed by atoms with Gasteiger partial charge in [0.15, 0.2) is 4.34 Å². The molecule has 0 aromatic carbocycles. The second kappa shape index (κ2) is 7.33. The van der Waals surface area contributed by atoms with Gasteiger partial charge in [-0.1, -0.05) is 56.2 Å². The lowest BCUT2D eigenvalue weighted by molar-refractivity contribution is 0.595. The predicted octanol–water partition coefficient (Wildman–Crippen LogP) is 3.00. The Hall–Kier alpha value is -0.140. The van der Waals surface area contributed by atoms with Crippen LogP contribution in [0.25, 0.3) is 0 Å². The van der Waals surface area contributed by atoms with Gasteiger partial charge in [0, 0.05) is 5.75 Å². The minimum Gasteiger partial charge on any atom is -0.221 e. The third-order valence-corrected chi connectivity index (χ3v) is 6.58. The highest BCUT2D eigenvalue weighted by Crippen LogP contribution is 2.26. The topological polar surface area (TPSA) is 59.9 Å². The maximum atomic E-state index is 11.5. The zero-order chi connectivity index (χ0) is 12.7. The van der Waals surface area contributed by atoms with Gasteiger partial charge in [-0.25, -0.2) is 8.42 Å². The Morgan fingerprint density at radius 1 is 1.18 bits per heavy atom. The fraction of sp³-hybridized carbons (Fsp3) is 0.800. The first-order valence-corrected chi connectivity index (χ1v) is 9.24. The molecule has 7 heteroatoms. The van der Waals surface area contributed by atoms with Crippen molar-refractivity contribution in [1.82, 2.24) is 10.2 Å². The second-order valence-corrected chi connectivity index (χ2v) is 8.42. The van der Waals surface area contributed by atoms with E-state index < -0.39 is 9.84 Å². The second-order valence-electron chi connectivity index (χ2n) is 3.65. The molecule has 0 N–H and O–H groups in total. The number of unbranched alkanes of at least 4 members (excludes halogenated alkanes) is 3. The van der Waals surface area contributed by atoms with Crippen LogP contribution in [0.4, 0.5) is 0 Å². The summed E-state index contributed by atoms with van der Waals surface area (Å²) in [6.45, 7) is 3.80. The summed E-state index contributed by atoms with van der Waals surface area (Å²) in [5.41, 5.74) is 0. The van der Waals surface area contributed by atoms with Gasteiger partial charge in [-0.05, 0) is 6.42 Å². The van der Waals surface area contributed by atoms with Gasteiger partial charge in [-0.15, -0.1) is 10.2 Å².